The van der Waals surface area contributed by atoms with Gasteiger partial charge in [0.05, 0.1) is 18.7 Å². The van der Waals surface area contributed by atoms with Crippen LogP contribution in [0.4, 0.5) is 4.39 Å². The Kier molecular flexibility index (Phi) is 5.38. The first-order valence-electron chi connectivity index (χ1n) is 10.4. The highest BCUT2D eigenvalue weighted by Gasteiger charge is 2.48. The predicted molar refractivity (Wildman–Crippen MR) is 104 cm³/mol. The molecule has 0 bridgehead atoms. The van der Waals surface area contributed by atoms with Crippen LogP contribution in [-0.4, -0.2) is 66.0 Å². The lowest BCUT2D eigenvalue weighted by Crippen LogP contribution is -2.41. The SMILES string of the molecule is CCNCC1CCN(C2=C(F)CC3C(=O)C(C(=O)O)=CN(C4CC4)C3=C2OC)C1. The van der Waals surface area contributed by atoms with Crippen molar-refractivity contribution in [2.24, 2.45) is 11.8 Å². The zero-order valence-electron chi connectivity index (χ0n) is 16.9. The molecule has 0 radical (unpaired) electrons. The number of nitrogens with zero attached hydrogens (tertiary/aromatic N) is 2. The van der Waals surface area contributed by atoms with E-state index in [-0.39, 0.29) is 18.0 Å². The van der Waals surface area contributed by atoms with Crippen molar-refractivity contribution in [2.45, 2.75) is 38.6 Å². The van der Waals surface area contributed by atoms with E-state index in [0.717, 1.165) is 45.4 Å². The monoisotopic (exact) mass is 405 g/mol. The number of carboxylic acids is 1. The highest BCUT2D eigenvalue weighted by Crippen LogP contribution is 2.47. The molecule has 2 atom stereocenters. The Labute approximate surface area is 169 Å². The van der Waals surface area contributed by atoms with Crippen LogP contribution in [0, 0.1) is 11.8 Å². The minimum atomic E-state index is -1.26. The second-order valence-corrected chi connectivity index (χ2v) is 8.19. The molecule has 1 saturated heterocycles. The fourth-order valence-electron chi connectivity index (χ4n) is 4.63. The van der Waals surface area contributed by atoms with Gasteiger partial charge in [-0.3, -0.25) is 4.79 Å². The summed E-state index contributed by atoms with van der Waals surface area (Å²) in [6, 6.07) is 0.141. The van der Waals surface area contributed by atoms with E-state index in [9.17, 15) is 14.7 Å². The maximum Gasteiger partial charge on any atom is 0.340 e. The number of hydrogen-bond donors (Lipinski definition) is 2. The van der Waals surface area contributed by atoms with Gasteiger partial charge in [0.15, 0.2) is 11.5 Å². The standard InChI is InChI=1S/C21H28FN3O4/c1-3-23-9-12-6-7-24(10-12)18-16(22)8-14-17(20(18)29-2)25(13-4-5-13)11-15(19(14)26)21(27)28/h11-14,23H,3-10H2,1-2H3,(H,27,28). The lowest BCUT2D eigenvalue weighted by atomic mass is 9.83. The molecule has 2 aliphatic carbocycles. The third-order valence-corrected chi connectivity index (χ3v) is 6.21. The van der Waals surface area contributed by atoms with E-state index < -0.39 is 23.5 Å². The van der Waals surface area contributed by atoms with Gasteiger partial charge in [0.1, 0.15) is 17.1 Å². The highest BCUT2D eigenvalue weighted by molar-refractivity contribution is 6.19. The lowest BCUT2D eigenvalue weighted by molar-refractivity contribution is -0.135. The number of hydrogen-bond acceptors (Lipinski definition) is 6. The molecule has 2 aliphatic heterocycles. The number of Topliss-reactive ketones (excluding diaryl/α,β-unsaturated/α-hetero) is 1. The van der Waals surface area contributed by atoms with E-state index in [1.54, 1.807) is 0 Å². The van der Waals surface area contributed by atoms with Gasteiger partial charge in [-0.05, 0) is 38.3 Å². The van der Waals surface area contributed by atoms with Crippen LogP contribution < -0.4 is 5.32 Å². The van der Waals surface area contributed by atoms with E-state index in [2.05, 4.69) is 12.2 Å². The minimum Gasteiger partial charge on any atom is -0.493 e. The van der Waals surface area contributed by atoms with Crippen molar-refractivity contribution in [1.29, 1.82) is 0 Å². The second kappa shape index (κ2) is 7.82. The molecule has 158 valence electrons. The molecular formula is C21H28FN3O4. The van der Waals surface area contributed by atoms with Crippen LogP contribution in [-0.2, 0) is 14.3 Å². The van der Waals surface area contributed by atoms with Gasteiger partial charge in [-0.1, -0.05) is 6.92 Å². The van der Waals surface area contributed by atoms with Crippen molar-refractivity contribution in [3.8, 4) is 0 Å². The summed E-state index contributed by atoms with van der Waals surface area (Å²) in [6.07, 6.45) is 4.11. The van der Waals surface area contributed by atoms with E-state index in [4.69, 9.17) is 4.74 Å². The first kappa shape index (κ1) is 19.9. The van der Waals surface area contributed by atoms with Gasteiger partial charge in [-0.2, -0.15) is 0 Å². The number of ether oxygens (including phenoxy) is 1. The summed E-state index contributed by atoms with van der Waals surface area (Å²) in [4.78, 5) is 28.3. The molecule has 8 heteroatoms. The first-order valence-corrected chi connectivity index (χ1v) is 10.4. The number of ketones is 1. The van der Waals surface area contributed by atoms with Crippen LogP contribution in [0.3, 0.4) is 0 Å². The molecule has 0 spiro atoms. The van der Waals surface area contributed by atoms with Crippen molar-refractivity contribution < 1.29 is 23.8 Å². The number of carbonyl (C=O) groups is 2. The number of allylic oxidation sites excluding steroid dienone is 2. The van der Waals surface area contributed by atoms with Gasteiger partial charge in [-0.15, -0.1) is 0 Å². The quantitative estimate of drug-likeness (QED) is 0.627. The molecule has 2 heterocycles. The van der Waals surface area contributed by atoms with Gasteiger partial charge >= 0.3 is 5.97 Å². The van der Waals surface area contributed by atoms with Gasteiger partial charge in [-0.25, -0.2) is 9.18 Å². The number of carbonyl (C=O) groups excluding carboxylic acids is 1. The fourth-order valence-corrected chi connectivity index (χ4v) is 4.63. The maximum absolute atomic E-state index is 15.3. The van der Waals surface area contributed by atoms with E-state index >= 15 is 4.39 Å². The Morgan fingerprint density at radius 3 is 2.76 bits per heavy atom. The molecule has 2 fully saturated rings. The summed E-state index contributed by atoms with van der Waals surface area (Å²) in [5.74, 6) is -2.23. The van der Waals surface area contributed by atoms with Crippen LogP contribution in [0.1, 0.15) is 32.6 Å². The van der Waals surface area contributed by atoms with Crippen molar-refractivity contribution in [1.82, 2.24) is 15.1 Å². The summed E-state index contributed by atoms with van der Waals surface area (Å²) in [7, 11) is 1.50. The van der Waals surface area contributed by atoms with Gasteiger partial charge in [0.25, 0.3) is 0 Å². The van der Waals surface area contributed by atoms with Crippen LogP contribution in [0.5, 0.6) is 0 Å². The Morgan fingerprint density at radius 2 is 2.14 bits per heavy atom. The first-order chi connectivity index (χ1) is 14.0. The Balaban J connectivity index is 1.71. The lowest BCUT2D eigenvalue weighted by Gasteiger charge is -2.39. The Hall–Kier alpha value is -2.35. The molecule has 1 saturated carbocycles. The second-order valence-electron chi connectivity index (χ2n) is 8.19. The third-order valence-electron chi connectivity index (χ3n) is 6.21. The van der Waals surface area contributed by atoms with Crippen LogP contribution in [0.25, 0.3) is 0 Å². The normalized spacial score (nSPS) is 27.4. The zero-order valence-corrected chi connectivity index (χ0v) is 16.9. The van der Waals surface area contributed by atoms with Crippen LogP contribution in [0.2, 0.25) is 0 Å². The van der Waals surface area contributed by atoms with Crippen molar-refractivity contribution >= 4 is 11.8 Å². The van der Waals surface area contributed by atoms with Crippen molar-refractivity contribution in [2.75, 3.05) is 33.3 Å². The molecule has 4 aliphatic rings. The molecule has 2 unspecified atom stereocenters. The molecular weight excluding hydrogens is 377 g/mol. The Morgan fingerprint density at radius 1 is 1.38 bits per heavy atom. The summed E-state index contributed by atoms with van der Waals surface area (Å²) >= 11 is 0. The number of halogens is 1. The molecule has 0 aromatic carbocycles. The number of rotatable bonds is 7. The molecule has 2 N–H and O–H groups in total. The number of fused-ring (bicyclic) bond motifs is 1. The highest BCUT2D eigenvalue weighted by atomic mass is 19.1. The third kappa shape index (κ3) is 3.54. The average Bonchev–Trinajstić information content (AvgIpc) is 3.44. The fraction of sp³-hybridized carbons (Fsp3) is 0.619. The average molecular weight is 405 g/mol. The van der Waals surface area contributed by atoms with Gasteiger partial charge in [0, 0.05) is 31.8 Å². The summed E-state index contributed by atoms with van der Waals surface area (Å²) < 4.78 is 21.0. The summed E-state index contributed by atoms with van der Waals surface area (Å²) in [5, 5.41) is 12.8. The maximum atomic E-state index is 15.3. The molecule has 4 rings (SSSR count). The number of carboxylic acid groups (broad SMARTS) is 1. The predicted octanol–water partition coefficient (Wildman–Crippen LogP) is 1.99. The van der Waals surface area contributed by atoms with Gasteiger partial charge < -0.3 is 25.0 Å². The van der Waals surface area contributed by atoms with Crippen molar-refractivity contribution in [3.63, 3.8) is 0 Å². The van der Waals surface area contributed by atoms with E-state index in [1.165, 1.54) is 13.3 Å². The molecule has 7 nitrogen and oxygen atoms in total. The smallest absolute Gasteiger partial charge is 0.340 e. The Bertz CT molecular complexity index is 815. The molecule has 29 heavy (non-hydrogen) atoms. The molecule has 0 aromatic heterocycles. The minimum absolute atomic E-state index is 0.113. The topological polar surface area (TPSA) is 82.1 Å². The summed E-state index contributed by atoms with van der Waals surface area (Å²) in [6.45, 7) is 5.32. The van der Waals surface area contributed by atoms with Crippen LogP contribution in [0.15, 0.2) is 34.8 Å². The van der Waals surface area contributed by atoms with Crippen molar-refractivity contribution in [3.05, 3.63) is 34.8 Å². The van der Waals surface area contributed by atoms with E-state index in [1.807, 2.05) is 9.80 Å². The molecule has 0 amide bonds. The van der Waals surface area contributed by atoms with Gasteiger partial charge in [0.2, 0.25) is 0 Å². The zero-order chi connectivity index (χ0) is 20.7. The van der Waals surface area contributed by atoms with Crippen LogP contribution >= 0.6 is 0 Å². The molecule has 0 aromatic rings. The summed E-state index contributed by atoms with van der Waals surface area (Å²) in [5.41, 5.74) is 0.782. The number of aliphatic carboxylic acids is 1. The number of likely N-dealkylation sites (tertiary alicyclic amines) is 1. The number of methoxy groups -OCH3 is 1. The number of nitrogens with one attached hydrogen (secondary N) is 1. The van der Waals surface area contributed by atoms with E-state index in [0.29, 0.717) is 23.1 Å². The largest absolute Gasteiger partial charge is 0.493 e.